The number of rotatable bonds is 2. The molecule has 0 saturated heterocycles. The highest BCUT2D eigenvalue weighted by molar-refractivity contribution is 9.10. The number of halogens is 1. The van der Waals surface area contributed by atoms with Gasteiger partial charge in [0, 0.05) is 0 Å². The van der Waals surface area contributed by atoms with E-state index in [0.29, 0.717) is 4.47 Å². The molecule has 16 heavy (non-hydrogen) atoms. The Morgan fingerprint density at radius 3 is 2.44 bits per heavy atom. The number of hydrogen-bond acceptors (Lipinski definition) is 3. The van der Waals surface area contributed by atoms with Gasteiger partial charge in [-0.25, -0.2) is 4.79 Å². The van der Waals surface area contributed by atoms with Crippen molar-refractivity contribution in [1.82, 2.24) is 0 Å². The number of carbonyl (C=O) groups is 1. The Morgan fingerprint density at radius 1 is 1.31 bits per heavy atom. The second-order valence-electron chi connectivity index (χ2n) is 3.16. The van der Waals surface area contributed by atoms with Crippen molar-refractivity contribution in [2.24, 2.45) is 0 Å². The van der Waals surface area contributed by atoms with Gasteiger partial charge in [0.1, 0.15) is 4.88 Å². The normalized spacial score (nSPS) is 10.3. The third kappa shape index (κ3) is 1.83. The van der Waals surface area contributed by atoms with Crippen molar-refractivity contribution in [3.63, 3.8) is 0 Å². The summed E-state index contributed by atoms with van der Waals surface area (Å²) in [6.45, 7) is 0. The highest BCUT2D eigenvalue weighted by Gasteiger charge is 2.19. The quantitative estimate of drug-likeness (QED) is 0.892. The molecule has 0 aliphatic heterocycles. The molecule has 0 atom stereocenters. The van der Waals surface area contributed by atoms with Crippen molar-refractivity contribution in [2.45, 2.75) is 0 Å². The van der Waals surface area contributed by atoms with Crippen LogP contribution in [0.5, 0.6) is 0 Å². The van der Waals surface area contributed by atoms with Crippen LogP contribution in [0.1, 0.15) is 9.67 Å². The Hall–Kier alpha value is -1.33. The fourth-order valence-corrected chi connectivity index (χ4v) is 3.12. The fraction of sp³-hybridized carbons (Fsp3) is 0. The lowest BCUT2D eigenvalue weighted by atomic mass is 10.2. The van der Waals surface area contributed by atoms with Gasteiger partial charge in [-0.1, -0.05) is 30.3 Å². The summed E-state index contributed by atoms with van der Waals surface area (Å²) in [4.78, 5) is 11.9. The van der Waals surface area contributed by atoms with Crippen LogP contribution in [-0.2, 0) is 0 Å². The molecule has 1 heterocycles. The second kappa shape index (κ2) is 4.27. The Labute approximate surface area is 105 Å². The summed E-state index contributed by atoms with van der Waals surface area (Å²) in [5.74, 6) is -0.995. The number of benzene rings is 1. The SMILES string of the molecule is Nc1c(C(=O)O)sc(-c2ccccc2)c1Br. The molecule has 0 spiro atoms. The summed E-state index contributed by atoms with van der Waals surface area (Å²) in [6, 6.07) is 9.55. The summed E-state index contributed by atoms with van der Waals surface area (Å²) >= 11 is 4.50. The maximum Gasteiger partial charge on any atom is 0.348 e. The molecule has 0 unspecified atom stereocenters. The molecule has 2 aromatic rings. The van der Waals surface area contributed by atoms with Gasteiger partial charge in [-0.3, -0.25) is 0 Å². The molecule has 5 heteroatoms. The Bertz CT molecular complexity index is 536. The Morgan fingerprint density at radius 2 is 1.94 bits per heavy atom. The predicted molar refractivity (Wildman–Crippen MR) is 68.8 cm³/mol. The molecule has 1 aromatic carbocycles. The molecule has 0 aliphatic carbocycles. The number of carboxylic acid groups (broad SMARTS) is 1. The van der Waals surface area contributed by atoms with Crippen LogP contribution in [0, 0.1) is 0 Å². The van der Waals surface area contributed by atoms with Crippen molar-refractivity contribution in [3.05, 3.63) is 39.7 Å². The topological polar surface area (TPSA) is 63.3 Å². The lowest BCUT2D eigenvalue weighted by Crippen LogP contribution is -1.97. The van der Waals surface area contributed by atoms with Gasteiger partial charge in [0.2, 0.25) is 0 Å². The minimum absolute atomic E-state index is 0.172. The molecule has 0 fully saturated rings. The summed E-state index contributed by atoms with van der Waals surface area (Å²) in [5, 5.41) is 8.96. The molecule has 1 aromatic heterocycles. The van der Waals surface area contributed by atoms with Gasteiger partial charge in [-0.15, -0.1) is 11.3 Å². The largest absolute Gasteiger partial charge is 0.477 e. The van der Waals surface area contributed by atoms with Crippen LogP contribution in [0.15, 0.2) is 34.8 Å². The maximum absolute atomic E-state index is 10.9. The monoisotopic (exact) mass is 297 g/mol. The molecule has 2 rings (SSSR count). The molecule has 0 saturated carbocycles. The minimum Gasteiger partial charge on any atom is -0.477 e. The van der Waals surface area contributed by atoms with Crippen LogP contribution in [-0.4, -0.2) is 11.1 Å². The van der Waals surface area contributed by atoms with Gasteiger partial charge in [-0.05, 0) is 21.5 Å². The third-order valence-electron chi connectivity index (χ3n) is 2.11. The van der Waals surface area contributed by atoms with Gasteiger partial charge in [0.05, 0.1) is 15.0 Å². The molecular weight excluding hydrogens is 290 g/mol. The highest BCUT2D eigenvalue weighted by Crippen LogP contribution is 2.42. The van der Waals surface area contributed by atoms with Gasteiger partial charge >= 0.3 is 5.97 Å². The highest BCUT2D eigenvalue weighted by atomic mass is 79.9. The standard InChI is InChI=1S/C11H8BrNO2S/c12-7-8(13)10(11(14)15)16-9(7)6-4-2-1-3-5-6/h1-5H,13H2,(H,14,15). The van der Waals surface area contributed by atoms with Gasteiger partial charge in [0.25, 0.3) is 0 Å². The third-order valence-corrected chi connectivity index (χ3v) is 4.44. The molecule has 0 amide bonds. The molecular formula is C11H8BrNO2S. The van der Waals surface area contributed by atoms with E-state index in [1.165, 1.54) is 11.3 Å². The lowest BCUT2D eigenvalue weighted by Gasteiger charge is -1.97. The van der Waals surface area contributed by atoms with Crippen LogP contribution >= 0.6 is 27.3 Å². The molecule has 82 valence electrons. The maximum atomic E-state index is 10.9. The second-order valence-corrected chi connectivity index (χ2v) is 4.97. The Kier molecular flexibility index (Phi) is 2.98. The number of nitrogens with two attached hydrogens (primary N) is 1. The van der Waals surface area contributed by atoms with E-state index < -0.39 is 5.97 Å². The first-order chi connectivity index (χ1) is 7.61. The van der Waals surface area contributed by atoms with Crippen LogP contribution in [0.2, 0.25) is 0 Å². The van der Waals surface area contributed by atoms with E-state index in [9.17, 15) is 4.79 Å². The zero-order valence-electron chi connectivity index (χ0n) is 8.11. The van der Waals surface area contributed by atoms with E-state index in [1.54, 1.807) is 0 Å². The van der Waals surface area contributed by atoms with Crippen molar-refractivity contribution in [3.8, 4) is 10.4 Å². The molecule has 3 N–H and O–H groups in total. The van der Waals surface area contributed by atoms with Crippen LogP contribution in [0.25, 0.3) is 10.4 Å². The zero-order chi connectivity index (χ0) is 11.7. The summed E-state index contributed by atoms with van der Waals surface area (Å²) < 4.78 is 0.654. The van der Waals surface area contributed by atoms with E-state index in [4.69, 9.17) is 10.8 Å². The molecule has 3 nitrogen and oxygen atoms in total. The number of carboxylic acids is 1. The van der Waals surface area contributed by atoms with Crippen LogP contribution in [0.3, 0.4) is 0 Å². The first kappa shape index (κ1) is 11.2. The molecule has 0 bridgehead atoms. The van der Waals surface area contributed by atoms with Crippen LogP contribution < -0.4 is 5.73 Å². The van der Waals surface area contributed by atoms with Crippen molar-refractivity contribution < 1.29 is 9.90 Å². The predicted octanol–water partition coefficient (Wildman–Crippen LogP) is 3.46. The van der Waals surface area contributed by atoms with E-state index in [-0.39, 0.29) is 10.6 Å². The fourth-order valence-electron chi connectivity index (χ4n) is 1.36. The van der Waals surface area contributed by atoms with Crippen molar-refractivity contribution in [1.29, 1.82) is 0 Å². The number of hydrogen-bond donors (Lipinski definition) is 2. The van der Waals surface area contributed by atoms with Gasteiger partial charge in [0.15, 0.2) is 0 Å². The van der Waals surface area contributed by atoms with Crippen LogP contribution in [0.4, 0.5) is 5.69 Å². The number of nitrogen functional groups attached to an aromatic ring is 1. The van der Waals surface area contributed by atoms with Gasteiger partial charge in [-0.2, -0.15) is 0 Å². The van der Waals surface area contributed by atoms with E-state index in [1.807, 2.05) is 30.3 Å². The van der Waals surface area contributed by atoms with Crippen molar-refractivity contribution >= 4 is 38.9 Å². The number of anilines is 1. The Balaban J connectivity index is 2.60. The van der Waals surface area contributed by atoms with Gasteiger partial charge < -0.3 is 10.8 Å². The summed E-state index contributed by atoms with van der Waals surface area (Å²) in [6.07, 6.45) is 0. The smallest absolute Gasteiger partial charge is 0.348 e. The van der Waals surface area contributed by atoms with E-state index >= 15 is 0 Å². The van der Waals surface area contributed by atoms with E-state index in [0.717, 1.165) is 10.4 Å². The lowest BCUT2D eigenvalue weighted by molar-refractivity contribution is 0.0703. The summed E-state index contributed by atoms with van der Waals surface area (Å²) in [7, 11) is 0. The zero-order valence-corrected chi connectivity index (χ0v) is 10.5. The molecule has 0 radical (unpaired) electrons. The number of aromatic carboxylic acids is 1. The average molecular weight is 298 g/mol. The first-order valence-electron chi connectivity index (χ1n) is 4.47. The molecule has 0 aliphatic rings. The number of thiophene rings is 1. The summed E-state index contributed by atoms with van der Waals surface area (Å²) in [5.41, 5.74) is 6.97. The first-order valence-corrected chi connectivity index (χ1v) is 6.08. The van der Waals surface area contributed by atoms with Crippen molar-refractivity contribution in [2.75, 3.05) is 5.73 Å². The average Bonchev–Trinajstić information content (AvgIpc) is 2.58. The van der Waals surface area contributed by atoms with E-state index in [2.05, 4.69) is 15.9 Å². The minimum atomic E-state index is -0.995.